The highest BCUT2D eigenvalue weighted by atomic mass is 79.9. The van der Waals surface area contributed by atoms with Gasteiger partial charge in [0, 0.05) is 17.1 Å². The normalized spacial score (nSPS) is 10.2. The maximum absolute atomic E-state index is 6.09. The number of ether oxygens (including phenoxy) is 1. The van der Waals surface area contributed by atoms with Gasteiger partial charge in [0.1, 0.15) is 12.4 Å². The van der Waals surface area contributed by atoms with Crippen LogP contribution < -0.4 is 4.74 Å². The number of rotatable bonds is 5. The summed E-state index contributed by atoms with van der Waals surface area (Å²) < 4.78 is 5.86. The highest BCUT2D eigenvalue weighted by Crippen LogP contribution is 2.32. The lowest BCUT2D eigenvalue weighted by molar-refractivity contribution is 0.262. The van der Waals surface area contributed by atoms with Gasteiger partial charge in [-0.15, -0.1) is 17.0 Å². The van der Waals surface area contributed by atoms with Crippen molar-refractivity contribution >= 4 is 28.6 Å². The lowest BCUT2D eigenvalue weighted by atomic mass is 10.0. The van der Waals surface area contributed by atoms with Gasteiger partial charge in [-0.3, -0.25) is 0 Å². The van der Waals surface area contributed by atoms with Crippen molar-refractivity contribution in [2.75, 3.05) is 27.2 Å². The predicted octanol–water partition coefficient (Wildman–Crippen LogP) is 4.53. The molecule has 108 valence electrons. The van der Waals surface area contributed by atoms with Crippen LogP contribution in [0.25, 0.3) is 11.1 Å². The Kier molecular flexibility index (Phi) is 7.06. The summed E-state index contributed by atoms with van der Waals surface area (Å²) in [4.78, 5) is 2.10. The molecular formula is C16H19BrClNO. The van der Waals surface area contributed by atoms with Crippen LogP contribution in [-0.4, -0.2) is 32.1 Å². The Morgan fingerprint density at radius 3 is 2.40 bits per heavy atom. The molecule has 20 heavy (non-hydrogen) atoms. The molecule has 2 rings (SSSR count). The quantitative estimate of drug-likeness (QED) is 0.780. The third-order valence-electron chi connectivity index (χ3n) is 2.82. The number of likely N-dealkylation sites (N-methyl/N-ethyl adjacent to an activating group) is 1. The summed E-state index contributed by atoms with van der Waals surface area (Å²) in [5, 5.41) is 0.721. The predicted molar refractivity (Wildman–Crippen MR) is 91.3 cm³/mol. The third kappa shape index (κ3) is 4.82. The maximum atomic E-state index is 6.09. The molecule has 0 amide bonds. The highest BCUT2D eigenvalue weighted by Gasteiger charge is 2.07. The number of halogens is 2. The topological polar surface area (TPSA) is 12.5 Å². The standard InChI is InChI=1S/C16H18ClNO.BrH/c1-18(2)10-11-19-16-9-8-14(17)12-15(16)13-6-4-3-5-7-13;/h3-9,12H,10-11H2,1-2H3;1H. The fraction of sp³-hybridized carbons (Fsp3) is 0.250. The first-order chi connectivity index (χ1) is 9.16. The second-order valence-electron chi connectivity index (χ2n) is 4.66. The molecule has 2 nitrogen and oxygen atoms in total. The molecule has 0 N–H and O–H groups in total. The highest BCUT2D eigenvalue weighted by molar-refractivity contribution is 8.93. The first-order valence-electron chi connectivity index (χ1n) is 6.29. The van der Waals surface area contributed by atoms with Gasteiger partial charge in [0.05, 0.1) is 0 Å². The summed E-state index contributed by atoms with van der Waals surface area (Å²) in [5.41, 5.74) is 2.15. The van der Waals surface area contributed by atoms with Crippen LogP contribution in [0, 0.1) is 0 Å². The minimum atomic E-state index is 0. The molecular weight excluding hydrogens is 338 g/mol. The van der Waals surface area contributed by atoms with Crippen LogP contribution in [0.4, 0.5) is 0 Å². The van der Waals surface area contributed by atoms with Crippen LogP contribution in [-0.2, 0) is 0 Å². The Balaban J connectivity index is 0.00000200. The summed E-state index contributed by atoms with van der Waals surface area (Å²) in [6.45, 7) is 1.55. The fourth-order valence-electron chi connectivity index (χ4n) is 1.81. The third-order valence-corrected chi connectivity index (χ3v) is 3.06. The summed E-state index contributed by atoms with van der Waals surface area (Å²) in [5.74, 6) is 0.873. The second kappa shape index (κ2) is 8.30. The molecule has 0 atom stereocenters. The largest absolute Gasteiger partial charge is 0.492 e. The second-order valence-corrected chi connectivity index (χ2v) is 5.09. The van der Waals surface area contributed by atoms with E-state index in [9.17, 15) is 0 Å². The van der Waals surface area contributed by atoms with Crippen LogP contribution in [0.3, 0.4) is 0 Å². The zero-order valence-corrected chi connectivity index (χ0v) is 14.1. The average molecular weight is 357 g/mol. The van der Waals surface area contributed by atoms with Gasteiger partial charge >= 0.3 is 0 Å². The molecule has 2 aromatic carbocycles. The molecule has 4 heteroatoms. The van der Waals surface area contributed by atoms with Gasteiger partial charge in [-0.05, 0) is 37.9 Å². The zero-order chi connectivity index (χ0) is 13.7. The van der Waals surface area contributed by atoms with Gasteiger partial charge in [-0.25, -0.2) is 0 Å². The van der Waals surface area contributed by atoms with E-state index >= 15 is 0 Å². The molecule has 0 radical (unpaired) electrons. The Morgan fingerprint density at radius 1 is 1.05 bits per heavy atom. The van der Waals surface area contributed by atoms with Crippen LogP contribution >= 0.6 is 28.6 Å². The Labute approximate surface area is 136 Å². The Hall–Kier alpha value is -1.03. The molecule has 0 heterocycles. The van der Waals surface area contributed by atoms with Crippen LogP contribution in [0.15, 0.2) is 48.5 Å². The van der Waals surface area contributed by atoms with Crippen LogP contribution in [0.5, 0.6) is 5.75 Å². The molecule has 0 aliphatic carbocycles. The number of benzene rings is 2. The van der Waals surface area contributed by atoms with Crippen molar-refractivity contribution < 1.29 is 4.74 Å². The van der Waals surface area contributed by atoms with E-state index in [1.165, 1.54) is 0 Å². The van der Waals surface area contributed by atoms with Crippen molar-refractivity contribution in [3.63, 3.8) is 0 Å². The van der Waals surface area contributed by atoms with Crippen LogP contribution in [0.2, 0.25) is 5.02 Å². The summed E-state index contributed by atoms with van der Waals surface area (Å²) in [6, 6.07) is 15.9. The molecule has 0 saturated carbocycles. The lowest BCUT2D eigenvalue weighted by Crippen LogP contribution is -2.19. The van der Waals surface area contributed by atoms with E-state index in [0.717, 1.165) is 28.4 Å². The minimum Gasteiger partial charge on any atom is -0.492 e. The molecule has 0 unspecified atom stereocenters. The van der Waals surface area contributed by atoms with Gasteiger partial charge in [0.2, 0.25) is 0 Å². The molecule has 0 spiro atoms. The van der Waals surface area contributed by atoms with Crippen molar-refractivity contribution in [2.45, 2.75) is 0 Å². The van der Waals surface area contributed by atoms with E-state index in [1.807, 2.05) is 50.5 Å². The van der Waals surface area contributed by atoms with Gasteiger partial charge in [0.15, 0.2) is 0 Å². The maximum Gasteiger partial charge on any atom is 0.127 e. The molecule has 0 fully saturated rings. The molecule has 2 aromatic rings. The van der Waals surface area contributed by atoms with Gasteiger partial charge in [0.25, 0.3) is 0 Å². The smallest absolute Gasteiger partial charge is 0.127 e. The average Bonchev–Trinajstić information content (AvgIpc) is 2.41. The van der Waals surface area contributed by atoms with E-state index in [4.69, 9.17) is 16.3 Å². The summed E-state index contributed by atoms with van der Waals surface area (Å²) in [7, 11) is 4.06. The first-order valence-corrected chi connectivity index (χ1v) is 6.67. The lowest BCUT2D eigenvalue weighted by Gasteiger charge is -2.14. The molecule has 0 aliphatic heterocycles. The Morgan fingerprint density at radius 2 is 1.75 bits per heavy atom. The summed E-state index contributed by atoms with van der Waals surface area (Å²) >= 11 is 6.09. The monoisotopic (exact) mass is 355 g/mol. The van der Waals surface area contributed by atoms with Crippen molar-refractivity contribution in [3.8, 4) is 16.9 Å². The van der Waals surface area contributed by atoms with E-state index < -0.39 is 0 Å². The van der Waals surface area contributed by atoms with E-state index in [0.29, 0.717) is 6.61 Å². The minimum absolute atomic E-state index is 0. The number of hydrogen-bond donors (Lipinski definition) is 0. The van der Waals surface area contributed by atoms with Gasteiger partial charge in [-0.2, -0.15) is 0 Å². The SMILES string of the molecule is Br.CN(C)CCOc1ccc(Cl)cc1-c1ccccc1. The van der Waals surface area contributed by atoms with E-state index in [-0.39, 0.29) is 17.0 Å². The Bertz CT molecular complexity index is 531. The van der Waals surface area contributed by atoms with Crippen molar-refractivity contribution in [2.24, 2.45) is 0 Å². The first kappa shape index (κ1) is 17.0. The molecule has 0 saturated heterocycles. The summed E-state index contributed by atoms with van der Waals surface area (Å²) in [6.07, 6.45) is 0. The van der Waals surface area contributed by atoms with E-state index in [1.54, 1.807) is 0 Å². The van der Waals surface area contributed by atoms with Crippen LogP contribution in [0.1, 0.15) is 0 Å². The zero-order valence-electron chi connectivity index (χ0n) is 11.7. The number of nitrogens with zero attached hydrogens (tertiary/aromatic N) is 1. The van der Waals surface area contributed by atoms with Gasteiger partial charge < -0.3 is 9.64 Å². The molecule has 0 bridgehead atoms. The van der Waals surface area contributed by atoms with Crippen molar-refractivity contribution in [3.05, 3.63) is 53.6 Å². The van der Waals surface area contributed by atoms with Crippen molar-refractivity contribution in [1.29, 1.82) is 0 Å². The van der Waals surface area contributed by atoms with Crippen molar-refractivity contribution in [1.82, 2.24) is 4.90 Å². The molecule has 0 aliphatic rings. The van der Waals surface area contributed by atoms with Gasteiger partial charge in [-0.1, -0.05) is 41.9 Å². The molecule has 0 aromatic heterocycles. The van der Waals surface area contributed by atoms with E-state index in [2.05, 4.69) is 17.0 Å². The number of hydrogen-bond acceptors (Lipinski definition) is 2. The fourth-order valence-corrected chi connectivity index (χ4v) is 1.98.